The number of benzene rings is 1. The Morgan fingerprint density at radius 2 is 1.59 bits per heavy atom. The van der Waals surface area contributed by atoms with Crippen LogP contribution in [0.15, 0.2) is 56.1 Å². The molecule has 0 aromatic heterocycles. The van der Waals surface area contributed by atoms with Crippen LogP contribution in [0.5, 0.6) is 0 Å². The molecule has 0 bridgehead atoms. The Morgan fingerprint density at radius 1 is 1.29 bits per heavy atom. The van der Waals surface area contributed by atoms with Crippen molar-refractivity contribution in [3.63, 3.8) is 0 Å². The van der Waals surface area contributed by atoms with Gasteiger partial charge in [-0.05, 0) is 18.9 Å². The fourth-order valence-electron chi connectivity index (χ4n) is 0.714. The van der Waals surface area contributed by atoms with Crippen LogP contribution in [0.4, 0.5) is 0 Å². The topological polar surface area (TPSA) is 37.3 Å². The molecule has 96 valence electrons. The van der Waals surface area contributed by atoms with Crippen molar-refractivity contribution in [2.75, 3.05) is 0 Å². The molecule has 0 aliphatic rings. The van der Waals surface area contributed by atoms with Crippen molar-refractivity contribution >= 4 is 5.97 Å². The number of aliphatic carboxylic acids is 1. The molecule has 0 spiro atoms. The van der Waals surface area contributed by atoms with Gasteiger partial charge >= 0.3 is 0 Å². The summed E-state index contributed by atoms with van der Waals surface area (Å²) in [6, 6.07) is 10.5. The lowest BCUT2D eigenvalue weighted by molar-refractivity contribution is -0.134. The monoisotopic (exact) mass is 236 g/mol. The highest BCUT2D eigenvalue weighted by molar-refractivity contribution is 5.62. The molecule has 0 radical (unpaired) electrons. The van der Waals surface area contributed by atoms with Crippen LogP contribution in [0.2, 0.25) is 0 Å². The highest BCUT2D eigenvalue weighted by Crippen LogP contribution is 1.96. The minimum Gasteiger partial charge on any atom is -0.481 e. The summed E-state index contributed by atoms with van der Waals surface area (Å²) in [5.74, 6) is -0.833. The summed E-state index contributed by atoms with van der Waals surface area (Å²) in [5.41, 5.74) is 1.41. The van der Waals surface area contributed by atoms with Crippen molar-refractivity contribution in [2.24, 2.45) is 0 Å². The second-order valence-electron chi connectivity index (χ2n) is 2.77. The second-order valence-corrected chi connectivity index (χ2v) is 2.77. The Balaban J connectivity index is -0.000000186. The van der Waals surface area contributed by atoms with Crippen molar-refractivity contribution in [1.29, 1.82) is 0 Å². The number of hydrogen-bond acceptors (Lipinski definition) is 1. The van der Waals surface area contributed by atoms with Gasteiger partial charge in [0.05, 0.1) is 0 Å². The van der Waals surface area contributed by atoms with E-state index in [0.717, 1.165) is 13.3 Å². The van der Waals surface area contributed by atoms with E-state index in [1.54, 1.807) is 6.08 Å². The van der Waals surface area contributed by atoms with E-state index in [0.29, 0.717) is 0 Å². The third kappa shape index (κ3) is 31.4. The SMILES string of the molecule is C=C.C=CC.CC(=O)O.CCc1ccccc1. The van der Waals surface area contributed by atoms with Gasteiger partial charge in [0.1, 0.15) is 0 Å². The molecular formula is C15H24O2. The van der Waals surface area contributed by atoms with Gasteiger partial charge in [-0.25, -0.2) is 0 Å². The van der Waals surface area contributed by atoms with E-state index in [4.69, 9.17) is 9.90 Å². The molecule has 1 aromatic rings. The lowest BCUT2D eigenvalue weighted by atomic mass is 10.2. The molecule has 0 aliphatic carbocycles. The molecule has 0 unspecified atom stereocenters. The van der Waals surface area contributed by atoms with E-state index < -0.39 is 5.97 Å². The van der Waals surface area contributed by atoms with Crippen molar-refractivity contribution < 1.29 is 9.90 Å². The van der Waals surface area contributed by atoms with E-state index in [-0.39, 0.29) is 0 Å². The predicted molar refractivity (Wildman–Crippen MR) is 76.3 cm³/mol. The van der Waals surface area contributed by atoms with Gasteiger partial charge in [-0.2, -0.15) is 0 Å². The van der Waals surface area contributed by atoms with E-state index in [9.17, 15) is 0 Å². The summed E-state index contributed by atoms with van der Waals surface area (Å²) in [6.45, 7) is 14.5. The van der Waals surface area contributed by atoms with Crippen LogP contribution in [0.1, 0.15) is 26.3 Å². The van der Waals surface area contributed by atoms with E-state index >= 15 is 0 Å². The van der Waals surface area contributed by atoms with Crippen molar-refractivity contribution in [1.82, 2.24) is 0 Å². The average Bonchev–Trinajstić information content (AvgIpc) is 2.33. The van der Waals surface area contributed by atoms with Gasteiger partial charge in [-0.15, -0.1) is 19.7 Å². The third-order valence-electron chi connectivity index (χ3n) is 1.25. The maximum Gasteiger partial charge on any atom is 0.300 e. The summed E-state index contributed by atoms with van der Waals surface area (Å²) >= 11 is 0. The Morgan fingerprint density at radius 3 is 1.76 bits per heavy atom. The molecule has 1 rings (SSSR count). The zero-order valence-electron chi connectivity index (χ0n) is 11.1. The zero-order chi connectivity index (χ0) is 14.1. The fraction of sp³-hybridized carbons (Fsp3) is 0.267. The first-order valence-electron chi connectivity index (χ1n) is 5.38. The lowest BCUT2D eigenvalue weighted by Gasteiger charge is -1.89. The molecule has 1 N–H and O–H groups in total. The summed E-state index contributed by atoms with van der Waals surface area (Å²) in [5, 5.41) is 7.42. The number of carboxylic acids is 1. The van der Waals surface area contributed by atoms with Gasteiger partial charge in [0.15, 0.2) is 0 Å². The van der Waals surface area contributed by atoms with E-state index in [1.807, 2.05) is 13.0 Å². The average molecular weight is 236 g/mol. The molecule has 0 amide bonds. The van der Waals surface area contributed by atoms with Crippen molar-refractivity contribution in [2.45, 2.75) is 27.2 Å². The first-order chi connectivity index (χ1) is 8.08. The van der Waals surface area contributed by atoms with Gasteiger partial charge in [0, 0.05) is 6.92 Å². The van der Waals surface area contributed by atoms with Gasteiger partial charge in [-0.1, -0.05) is 43.3 Å². The Labute approximate surface area is 105 Å². The Kier molecular flexibility index (Phi) is 23.8. The molecule has 0 saturated carbocycles. The Hall–Kier alpha value is -1.83. The normalized spacial score (nSPS) is 6.76. The highest BCUT2D eigenvalue weighted by Gasteiger charge is 1.79. The second kappa shape index (κ2) is 19.7. The summed E-state index contributed by atoms with van der Waals surface area (Å²) in [4.78, 5) is 9.00. The lowest BCUT2D eigenvalue weighted by Crippen LogP contribution is -1.78. The number of hydrogen-bond donors (Lipinski definition) is 1. The Bertz CT molecular complexity index is 262. The molecular weight excluding hydrogens is 212 g/mol. The molecule has 0 saturated heterocycles. The molecule has 0 heterocycles. The van der Waals surface area contributed by atoms with Gasteiger partial charge in [0.25, 0.3) is 5.97 Å². The maximum atomic E-state index is 9.00. The number of carboxylic acid groups (broad SMARTS) is 1. The maximum absolute atomic E-state index is 9.00. The van der Waals surface area contributed by atoms with Crippen LogP contribution in [0.25, 0.3) is 0 Å². The van der Waals surface area contributed by atoms with Crippen LogP contribution < -0.4 is 0 Å². The first-order valence-corrected chi connectivity index (χ1v) is 5.38. The standard InChI is InChI=1S/C8H10.C3H6.C2H4O2.C2H4/c1-2-8-6-4-3-5-7-8;1-3-2;1-2(3)4;1-2/h3-7H,2H2,1H3;3H,1H2,2H3;1H3,(H,3,4);1-2H2. The number of rotatable bonds is 1. The van der Waals surface area contributed by atoms with Crippen LogP contribution in [0.3, 0.4) is 0 Å². The van der Waals surface area contributed by atoms with Crippen LogP contribution in [-0.4, -0.2) is 11.1 Å². The first kappa shape index (κ1) is 20.6. The number of aryl methyl sites for hydroxylation is 1. The number of allylic oxidation sites excluding steroid dienone is 1. The van der Waals surface area contributed by atoms with Crippen LogP contribution in [-0.2, 0) is 11.2 Å². The quantitative estimate of drug-likeness (QED) is 0.737. The summed E-state index contributed by atoms with van der Waals surface area (Å²) in [6.07, 6.45) is 2.89. The highest BCUT2D eigenvalue weighted by atomic mass is 16.4. The fourth-order valence-corrected chi connectivity index (χ4v) is 0.714. The van der Waals surface area contributed by atoms with Crippen molar-refractivity contribution in [3.05, 3.63) is 61.7 Å². The molecule has 2 heteroatoms. The third-order valence-corrected chi connectivity index (χ3v) is 1.25. The van der Waals surface area contributed by atoms with E-state index in [2.05, 4.69) is 50.9 Å². The van der Waals surface area contributed by atoms with Gasteiger partial charge in [0.2, 0.25) is 0 Å². The molecule has 17 heavy (non-hydrogen) atoms. The molecule has 1 aromatic carbocycles. The molecule has 0 fully saturated rings. The predicted octanol–water partition coefficient (Wildman–Crippen LogP) is 4.33. The largest absolute Gasteiger partial charge is 0.481 e. The number of carbonyl (C=O) groups is 1. The minimum atomic E-state index is -0.833. The molecule has 0 atom stereocenters. The van der Waals surface area contributed by atoms with Crippen molar-refractivity contribution in [3.8, 4) is 0 Å². The summed E-state index contributed by atoms with van der Waals surface area (Å²) in [7, 11) is 0. The molecule has 2 nitrogen and oxygen atoms in total. The van der Waals surface area contributed by atoms with Gasteiger partial charge < -0.3 is 5.11 Å². The molecule has 0 aliphatic heterocycles. The van der Waals surface area contributed by atoms with E-state index in [1.165, 1.54) is 5.56 Å². The smallest absolute Gasteiger partial charge is 0.300 e. The van der Waals surface area contributed by atoms with Crippen LogP contribution in [0, 0.1) is 0 Å². The minimum absolute atomic E-state index is 0.833. The van der Waals surface area contributed by atoms with Crippen LogP contribution >= 0.6 is 0 Å². The van der Waals surface area contributed by atoms with Gasteiger partial charge in [-0.3, -0.25) is 4.79 Å². The zero-order valence-corrected chi connectivity index (χ0v) is 11.1. The summed E-state index contributed by atoms with van der Waals surface area (Å²) < 4.78 is 0.